The Kier molecular flexibility index (Phi) is 9.58. The molecule has 0 saturated carbocycles. The van der Waals surface area contributed by atoms with Gasteiger partial charge in [0.2, 0.25) is 5.75 Å². The van der Waals surface area contributed by atoms with E-state index >= 15 is 0 Å². The minimum atomic E-state index is -0.596. The maximum atomic E-state index is 12.6. The number of nitro groups is 1. The molecule has 0 aliphatic heterocycles. The zero-order valence-corrected chi connectivity index (χ0v) is 25.1. The first-order valence-corrected chi connectivity index (χ1v) is 14.2. The SMILES string of the molecule is CCOc1cc(/C=N/NC(=O)c2ccc(COc3ccc(-n4c(C)ccc4C)cc3)o2)cc([N+](=O)[O-])c1OCc1ccccc1. The van der Waals surface area contributed by atoms with Gasteiger partial charge in [0.25, 0.3) is 0 Å². The fraction of sp³-hybridized carbons (Fsp3) is 0.176. The molecule has 11 heteroatoms. The molecule has 5 rings (SSSR count). The second kappa shape index (κ2) is 14.1. The van der Waals surface area contributed by atoms with Crippen molar-refractivity contribution >= 4 is 17.8 Å². The fourth-order valence-corrected chi connectivity index (χ4v) is 4.68. The number of nitrogens with one attached hydrogen (secondary N) is 1. The van der Waals surface area contributed by atoms with Gasteiger partial charge in [-0.2, -0.15) is 5.10 Å². The van der Waals surface area contributed by atoms with Crippen LogP contribution in [0.25, 0.3) is 5.69 Å². The molecule has 0 radical (unpaired) electrons. The molecular formula is C34H32N4O7. The van der Waals surface area contributed by atoms with Crippen LogP contribution in [0.3, 0.4) is 0 Å². The Morgan fingerprint density at radius 1 is 0.933 bits per heavy atom. The highest BCUT2D eigenvalue weighted by molar-refractivity contribution is 5.92. The van der Waals surface area contributed by atoms with Crippen molar-refractivity contribution in [2.75, 3.05) is 6.61 Å². The molecule has 0 fully saturated rings. The van der Waals surface area contributed by atoms with E-state index in [0.29, 0.717) is 17.1 Å². The molecule has 45 heavy (non-hydrogen) atoms. The van der Waals surface area contributed by atoms with Gasteiger partial charge in [-0.25, -0.2) is 5.43 Å². The number of aromatic nitrogens is 1. The minimum absolute atomic E-state index is 0.0132. The lowest BCUT2D eigenvalue weighted by atomic mass is 10.1. The number of nitro benzene ring substituents is 1. The van der Waals surface area contributed by atoms with E-state index in [1.165, 1.54) is 18.3 Å². The summed E-state index contributed by atoms with van der Waals surface area (Å²) in [6, 6.07) is 27.2. The first kappa shape index (κ1) is 30.6. The molecule has 0 spiro atoms. The minimum Gasteiger partial charge on any atom is -0.490 e. The number of rotatable bonds is 13. The third-order valence-electron chi connectivity index (χ3n) is 6.79. The van der Waals surface area contributed by atoms with Gasteiger partial charge < -0.3 is 23.2 Å². The Bertz CT molecular complexity index is 1790. The van der Waals surface area contributed by atoms with E-state index < -0.39 is 10.8 Å². The monoisotopic (exact) mass is 608 g/mol. The van der Waals surface area contributed by atoms with Crippen LogP contribution in [0.1, 0.15) is 45.8 Å². The highest BCUT2D eigenvalue weighted by atomic mass is 16.6. The highest BCUT2D eigenvalue weighted by Gasteiger charge is 2.23. The summed E-state index contributed by atoms with van der Waals surface area (Å²) in [7, 11) is 0. The van der Waals surface area contributed by atoms with Gasteiger partial charge in [0.05, 0.1) is 17.7 Å². The van der Waals surface area contributed by atoms with Crippen LogP contribution < -0.4 is 19.6 Å². The van der Waals surface area contributed by atoms with E-state index in [2.05, 4.69) is 41.1 Å². The third kappa shape index (κ3) is 7.57. The third-order valence-corrected chi connectivity index (χ3v) is 6.79. The molecule has 0 aliphatic carbocycles. The summed E-state index contributed by atoms with van der Waals surface area (Å²) in [5.74, 6) is 0.750. The molecular weight excluding hydrogens is 576 g/mol. The first-order chi connectivity index (χ1) is 21.8. The lowest BCUT2D eigenvalue weighted by Gasteiger charge is -2.13. The Balaban J connectivity index is 1.20. The number of amides is 1. The normalized spacial score (nSPS) is 11.0. The Hall–Kier alpha value is -5.84. The van der Waals surface area contributed by atoms with Crippen LogP contribution in [0.15, 0.2) is 101 Å². The summed E-state index contributed by atoms with van der Waals surface area (Å²) >= 11 is 0. The maximum Gasteiger partial charge on any atom is 0.315 e. The second-order valence-corrected chi connectivity index (χ2v) is 10.0. The molecule has 0 saturated heterocycles. The fourth-order valence-electron chi connectivity index (χ4n) is 4.68. The lowest BCUT2D eigenvalue weighted by molar-refractivity contribution is -0.386. The highest BCUT2D eigenvalue weighted by Crippen LogP contribution is 2.38. The Morgan fingerprint density at radius 3 is 2.36 bits per heavy atom. The van der Waals surface area contributed by atoms with Gasteiger partial charge >= 0.3 is 11.6 Å². The van der Waals surface area contributed by atoms with E-state index in [4.69, 9.17) is 18.6 Å². The van der Waals surface area contributed by atoms with Gasteiger partial charge in [-0.3, -0.25) is 14.9 Å². The van der Waals surface area contributed by atoms with Crippen molar-refractivity contribution in [3.8, 4) is 22.9 Å². The molecule has 0 unspecified atom stereocenters. The van der Waals surface area contributed by atoms with Crippen molar-refractivity contribution < 1.29 is 28.3 Å². The summed E-state index contributed by atoms with van der Waals surface area (Å²) < 4.78 is 25.0. The Labute approximate surface area is 259 Å². The van der Waals surface area contributed by atoms with Crippen LogP contribution in [-0.4, -0.2) is 28.2 Å². The van der Waals surface area contributed by atoms with Gasteiger partial charge in [0.15, 0.2) is 11.5 Å². The lowest BCUT2D eigenvalue weighted by Crippen LogP contribution is -2.16. The summed E-state index contributed by atoms with van der Waals surface area (Å²) in [4.78, 5) is 24.0. The molecule has 2 heterocycles. The number of carbonyl (C=O) groups is 1. The quantitative estimate of drug-likeness (QED) is 0.0873. The molecule has 0 aliphatic rings. The predicted octanol–water partition coefficient (Wildman–Crippen LogP) is 6.92. The van der Waals surface area contributed by atoms with Gasteiger partial charge in [-0.15, -0.1) is 0 Å². The van der Waals surface area contributed by atoms with E-state index in [1.807, 2.05) is 54.6 Å². The summed E-state index contributed by atoms with van der Waals surface area (Å²) in [6.45, 7) is 6.39. The van der Waals surface area contributed by atoms with Crippen LogP contribution in [0.5, 0.6) is 17.2 Å². The number of nitrogens with zero attached hydrogens (tertiary/aromatic N) is 3. The molecule has 11 nitrogen and oxygen atoms in total. The number of aryl methyl sites for hydroxylation is 2. The summed E-state index contributed by atoms with van der Waals surface area (Å²) in [5.41, 5.74) is 6.60. The van der Waals surface area contributed by atoms with Crippen LogP contribution >= 0.6 is 0 Å². The van der Waals surface area contributed by atoms with E-state index in [1.54, 1.807) is 19.1 Å². The van der Waals surface area contributed by atoms with E-state index in [9.17, 15) is 14.9 Å². The van der Waals surface area contributed by atoms with E-state index in [0.717, 1.165) is 22.6 Å². The second-order valence-electron chi connectivity index (χ2n) is 10.0. The van der Waals surface area contributed by atoms with Gasteiger partial charge in [0, 0.05) is 28.7 Å². The molecule has 2 aromatic heterocycles. The van der Waals surface area contributed by atoms with Crippen LogP contribution in [0, 0.1) is 24.0 Å². The number of benzene rings is 3. The summed E-state index contributed by atoms with van der Waals surface area (Å²) in [5, 5.41) is 15.8. The number of ether oxygens (including phenoxy) is 3. The maximum absolute atomic E-state index is 12.6. The van der Waals surface area contributed by atoms with Gasteiger partial charge in [-0.05, 0) is 80.9 Å². The molecule has 1 amide bonds. The summed E-state index contributed by atoms with van der Waals surface area (Å²) in [6.07, 6.45) is 1.28. The van der Waals surface area contributed by atoms with Crippen molar-refractivity contribution in [3.63, 3.8) is 0 Å². The zero-order valence-electron chi connectivity index (χ0n) is 25.1. The smallest absolute Gasteiger partial charge is 0.315 e. The van der Waals surface area contributed by atoms with Gasteiger partial charge in [-0.1, -0.05) is 30.3 Å². The Morgan fingerprint density at radius 2 is 1.67 bits per heavy atom. The van der Waals surface area contributed by atoms with Gasteiger partial charge in [0.1, 0.15) is 24.7 Å². The van der Waals surface area contributed by atoms with Crippen LogP contribution in [-0.2, 0) is 13.2 Å². The van der Waals surface area contributed by atoms with Crippen LogP contribution in [0.4, 0.5) is 5.69 Å². The molecule has 5 aromatic rings. The molecule has 230 valence electrons. The van der Waals surface area contributed by atoms with Crippen molar-refractivity contribution in [3.05, 3.63) is 135 Å². The van der Waals surface area contributed by atoms with E-state index in [-0.39, 0.29) is 42.8 Å². The average molecular weight is 609 g/mol. The molecule has 1 N–H and O–H groups in total. The van der Waals surface area contributed by atoms with Crippen molar-refractivity contribution in [1.82, 2.24) is 9.99 Å². The van der Waals surface area contributed by atoms with Crippen molar-refractivity contribution in [1.29, 1.82) is 0 Å². The first-order valence-electron chi connectivity index (χ1n) is 14.2. The zero-order chi connectivity index (χ0) is 31.8. The number of hydrogen-bond donors (Lipinski definition) is 1. The predicted molar refractivity (Wildman–Crippen MR) is 168 cm³/mol. The van der Waals surface area contributed by atoms with Crippen molar-refractivity contribution in [2.24, 2.45) is 5.10 Å². The topological polar surface area (TPSA) is 130 Å². The molecule has 0 bridgehead atoms. The number of hydrazone groups is 1. The molecule has 3 aromatic carbocycles. The number of carbonyl (C=O) groups excluding carboxylic acids is 1. The number of furan rings is 1. The average Bonchev–Trinajstić information content (AvgIpc) is 3.66. The largest absolute Gasteiger partial charge is 0.490 e. The number of hydrogen-bond acceptors (Lipinski definition) is 8. The van der Waals surface area contributed by atoms with Crippen LogP contribution in [0.2, 0.25) is 0 Å². The molecule has 0 atom stereocenters. The standard InChI is InChI=1S/C34H32N4O7/c1-4-42-32-19-26(18-30(38(40)41)33(32)44-21-25-8-6-5-7-9-25)20-35-36-34(39)31-17-16-29(45-31)22-43-28-14-12-27(13-15-28)37-23(2)10-11-24(37)3/h5-20H,4,21-22H2,1-3H3,(H,36,39)/b35-20+. The van der Waals surface area contributed by atoms with Crippen molar-refractivity contribution in [2.45, 2.75) is 34.0 Å².